The minimum atomic E-state index is -0.295. The molecule has 0 N–H and O–H groups in total. The number of fused-ring (bicyclic) bond motifs is 2. The summed E-state index contributed by atoms with van der Waals surface area (Å²) < 4.78 is 7.27. The van der Waals surface area contributed by atoms with E-state index in [1.54, 1.807) is 11.3 Å². The van der Waals surface area contributed by atoms with Gasteiger partial charge in [0.15, 0.2) is 12.4 Å². The Hall–Kier alpha value is -1.94. The minimum Gasteiger partial charge on any atom is -0.426 e. The van der Waals surface area contributed by atoms with E-state index < -0.39 is 0 Å². The van der Waals surface area contributed by atoms with Crippen LogP contribution < -0.4 is 9.14 Å². The Bertz CT molecular complexity index is 718. The molecule has 0 atom stereocenters. The average Bonchev–Trinajstić information content (AvgIpc) is 2.73. The lowest BCUT2D eigenvalue weighted by molar-refractivity contribution is -0.505. The summed E-state index contributed by atoms with van der Waals surface area (Å²) >= 11 is 1.65. The Labute approximate surface area is 102 Å². The fraction of sp³-hybridized carbons (Fsp3) is 0.0769. The van der Waals surface area contributed by atoms with E-state index in [0.717, 1.165) is 15.6 Å². The van der Waals surface area contributed by atoms with Crippen LogP contribution in [0.4, 0.5) is 0 Å². The van der Waals surface area contributed by atoms with Gasteiger partial charge in [-0.2, -0.15) is 4.40 Å². The van der Waals surface area contributed by atoms with Gasteiger partial charge in [0, 0.05) is 18.4 Å². The van der Waals surface area contributed by atoms with Crippen LogP contribution >= 0.6 is 11.3 Å². The van der Waals surface area contributed by atoms with E-state index >= 15 is 0 Å². The molecule has 17 heavy (non-hydrogen) atoms. The van der Waals surface area contributed by atoms with Gasteiger partial charge in [0.25, 0.3) is 4.83 Å². The van der Waals surface area contributed by atoms with Gasteiger partial charge >= 0.3 is 5.97 Å². The van der Waals surface area contributed by atoms with E-state index in [1.807, 2.05) is 42.0 Å². The van der Waals surface area contributed by atoms with Crippen LogP contribution in [0, 0.1) is 0 Å². The van der Waals surface area contributed by atoms with Gasteiger partial charge < -0.3 is 4.74 Å². The lowest BCUT2D eigenvalue weighted by Gasteiger charge is -2.03. The first kappa shape index (κ1) is 10.2. The molecule has 1 aromatic carbocycles. The second-order valence-corrected chi connectivity index (χ2v) is 4.70. The average molecular weight is 244 g/mol. The number of thiazole rings is 1. The Morgan fingerprint density at radius 3 is 3.12 bits per heavy atom. The second-order valence-electron chi connectivity index (χ2n) is 3.77. The molecule has 0 aliphatic carbocycles. The third-order valence-electron chi connectivity index (χ3n) is 2.56. The molecule has 0 amide bonds. The van der Waals surface area contributed by atoms with Gasteiger partial charge in [0.05, 0.1) is 10.8 Å². The van der Waals surface area contributed by atoms with Crippen LogP contribution in [0.1, 0.15) is 6.92 Å². The van der Waals surface area contributed by atoms with Crippen molar-refractivity contribution in [1.29, 1.82) is 0 Å². The fourth-order valence-electron chi connectivity index (χ4n) is 1.86. The van der Waals surface area contributed by atoms with Gasteiger partial charge in [-0.25, -0.2) is 0 Å². The van der Waals surface area contributed by atoms with Gasteiger partial charge in [-0.1, -0.05) is 17.4 Å². The second kappa shape index (κ2) is 3.82. The first-order valence-electron chi connectivity index (χ1n) is 5.24. The molecule has 3 rings (SSSR count). The van der Waals surface area contributed by atoms with Crippen molar-refractivity contribution < 1.29 is 13.9 Å². The van der Waals surface area contributed by atoms with E-state index in [1.165, 1.54) is 6.92 Å². The van der Waals surface area contributed by atoms with Crippen LogP contribution in [-0.4, -0.2) is 5.97 Å². The van der Waals surface area contributed by atoms with E-state index in [0.29, 0.717) is 5.75 Å². The SMILES string of the molecule is CC(=O)Oc1cccc2c[n+]3ccsc3cc12. The van der Waals surface area contributed by atoms with E-state index in [4.69, 9.17) is 4.74 Å². The molecule has 2 heterocycles. The summed E-state index contributed by atoms with van der Waals surface area (Å²) in [7, 11) is 0. The molecule has 2 aromatic heterocycles. The summed E-state index contributed by atoms with van der Waals surface area (Å²) in [6, 6.07) is 7.75. The van der Waals surface area contributed by atoms with E-state index in [-0.39, 0.29) is 5.97 Å². The molecule has 0 aliphatic rings. The molecule has 0 unspecified atom stereocenters. The standard InChI is InChI=1S/C13H10NO2S/c1-9(15)16-12-4-2-3-10-8-14-5-6-17-13(14)7-11(10)12/h2-8H,1H3/q+1. The number of esters is 1. The van der Waals surface area contributed by atoms with E-state index in [9.17, 15) is 4.79 Å². The quantitative estimate of drug-likeness (QED) is 0.374. The lowest BCUT2D eigenvalue weighted by Crippen LogP contribution is -2.16. The third kappa shape index (κ3) is 1.76. The number of rotatable bonds is 1. The molecule has 3 aromatic rings. The van der Waals surface area contributed by atoms with Crippen LogP contribution in [0.5, 0.6) is 5.75 Å². The number of aromatic nitrogens is 1. The highest BCUT2D eigenvalue weighted by atomic mass is 32.1. The highest BCUT2D eigenvalue weighted by Crippen LogP contribution is 2.26. The molecule has 4 heteroatoms. The van der Waals surface area contributed by atoms with Crippen molar-refractivity contribution in [2.45, 2.75) is 6.92 Å². The Kier molecular flexibility index (Phi) is 2.30. The first-order valence-corrected chi connectivity index (χ1v) is 6.12. The number of pyridine rings is 1. The van der Waals surface area contributed by atoms with Crippen molar-refractivity contribution in [2.75, 3.05) is 0 Å². The molecular weight excluding hydrogens is 234 g/mol. The molecule has 0 radical (unpaired) electrons. The van der Waals surface area contributed by atoms with Crippen molar-refractivity contribution in [3.63, 3.8) is 0 Å². The van der Waals surface area contributed by atoms with Gasteiger partial charge in [0.1, 0.15) is 5.75 Å². The highest BCUT2D eigenvalue weighted by Gasteiger charge is 2.11. The fourth-order valence-corrected chi connectivity index (χ4v) is 2.61. The molecule has 0 bridgehead atoms. The maximum Gasteiger partial charge on any atom is 0.308 e. The predicted molar refractivity (Wildman–Crippen MR) is 66.3 cm³/mol. The van der Waals surface area contributed by atoms with Crippen molar-refractivity contribution in [1.82, 2.24) is 0 Å². The molecule has 84 valence electrons. The van der Waals surface area contributed by atoms with Gasteiger partial charge in [-0.05, 0) is 12.1 Å². The summed E-state index contributed by atoms with van der Waals surface area (Å²) in [4.78, 5) is 12.2. The summed E-state index contributed by atoms with van der Waals surface area (Å²) in [6.07, 6.45) is 4.05. The Morgan fingerprint density at radius 1 is 1.41 bits per heavy atom. The highest BCUT2D eigenvalue weighted by molar-refractivity contribution is 7.15. The van der Waals surface area contributed by atoms with Crippen molar-refractivity contribution in [2.24, 2.45) is 0 Å². The third-order valence-corrected chi connectivity index (χ3v) is 3.39. The number of ether oxygens (including phenoxy) is 1. The number of hydrogen-bond donors (Lipinski definition) is 0. The zero-order chi connectivity index (χ0) is 11.8. The van der Waals surface area contributed by atoms with Gasteiger partial charge in [-0.3, -0.25) is 4.79 Å². The van der Waals surface area contributed by atoms with Crippen molar-refractivity contribution >= 4 is 32.9 Å². The molecule has 0 saturated carbocycles. The lowest BCUT2D eigenvalue weighted by atomic mass is 10.1. The van der Waals surface area contributed by atoms with Crippen molar-refractivity contribution in [3.05, 3.63) is 42.0 Å². The molecular formula is C13H10NO2S+. The molecule has 0 aliphatic heterocycles. The van der Waals surface area contributed by atoms with Gasteiger partial charge in [-0.15, -0.1) is 0 Å². The van der Waals surface area contributed by atoms with Crippen molar-refractivity contribution in [3.8, 4) is 5.75 Å². The smallest absolute Gasteiger partial charge is 0.308 e. The maximum absolute atomic E-state index is 11.0. The van der Waals surface area contributed by atoms with Crippen LogP contribution in [-0.2, 0) is 4.79 Å². The van der Waals surface area contributed by atoms with E-state index in [2.05, 4.69) is 4.40 Å². The maximum atomic E-state index is 11.0. The molecule has 0 saturated heterocycles. The number of hydrogen-bond acceptors (Lipinski definition) is 3. The normalized spacial score (nSPS) is 10.9. The Balaban J connectivity index is 2.31. The van der Waals surface area contributed by atoms with Crippen LogP contribution in [0.3, 0.4) is 0 Å². The molecule has 3 nitrogen and oxygen atoms in total. The van der Waals surface area contributed by atoms with Crippen LogP contribution in [0.25, 0.3) is 15.6 Å². The first-order chi connectivity index (χ1) is 8.24. The summed E-state index contributed by atoms with van der Waals surface area (Å²) in [5.41, 5.74) is 0. The van der Waals surface area contributed by atoms with Crippen LogP contribution in [0.15, 0.2) is 42.0 Å². The summed E-state index contributed by atoms with van der Waals surface area (Å²) in [6.45, 7) is 1.41. The predicted octanol–water partition coefficient (Wildman–Crippen LogP) is 2.57. The number of carbonyl (C=O) groups excluding carboxylic acids is 1. The largest absolute Gasteiger partial charge is 0.426 e. The summed E-state index contributed by atoms with van der Waals surface area (Å²) in [5.74, 6) is 0.322. The number of benzene rings is 1. The van der Waals surface area contributed by atoms with Gasteiger partial charge in [0.2, 0.25) is 0 Å². The molecule has 0 spiro atoms. The topological polar surface area (TPSA) is 30.4 Å². The monoisotopic (exact) mass is 244 g/mol. The minimum absolute atomic E-state index is 0.295. The number of nitrogens with zero attached hydrogens (tertiary/aromatic N) is 1. The summed E-state index contributed by atoms with van der Waals surface area (Å²) in [5, 5.41) is 4.05. The number of carbonyl (C=O) groups is 1. The zero-order valence-electron chi connectivity index (χ0n) is 9.21. The van der Waals surface area contributed by atoms with Crippen LogP contribution in [0.2, 0.25) is 0 Å². The molecule has 0 fully saturated rings. The zero-order valence-corrected chi connectivity index (χ0v) is 10.0. The Morgan fingerprint density at radius 2 is 2.29 bits per heavy atom.